The topological polar surface area (TPSA) is 95.9 Å². The number of piperidine rings is 1. The number of carbonyl (C=O) groups is 3. The lowest BCUT2D eigenvalue weighted by Gasteiger charge is -2.33. The molecule has 1 aromatic rings. The number of anilines is 1. The average Bonchev–Trinajstić information content (AvgIpc) is 3.39. The summed E-state index contributed by atoms with van der Waals surface area (Å²) in [4.78, 5) is 37.5. The second-order valence-electron chi connectivity index (χ2n) is 6.42. The minimum Gasteiger partial charge on any atom is -0.480 e. The Balaban J connectivity index is 1.68. The lowest BCUT2D eigenvalue weighted by molar-refractivity contribution is -0.150. The molecule has 1 aliphatic heterocycles. The van der Waals surface area contributed by atoms with Gasteiger partial charge in [-0.15, -0.1) is 0 Å². The van der Waals surface area contributed by atoms with Crippen molar-refractivity contribution in [3.8, 4) is 5.75 Å². The zero-order valence-corrected chi connectivity index (χ0v) is 13.8. The van der Waals surface area contributed by atoms with Crippen molar-refractivity contribution in [2.75, 3.05) is 11.4 Å². The molecule has 2 aliphatic rings. The Hall–Kier alpha value is -2.71. The summed E-state index contributed by atoms with van der Waals surface area (Å²) in [5.41, 5.74) is -0.911. The van der Waals surface area contributed by atoms with E-state index in [1.807, 2.05) is 0 Å². The van der Waals surface area contributed by atoms with E-state index in [9.17, 15) is 23.2 Å². The number of nitrogens with zero attached hydrogens (tertiary/aromatic N) is 1. The molecule has 1 heterocycles. The molecule has 0 aromatic heterocycles. The summed E-state index contributed by atoms with van der Waals surface area (Å²) in [5, 5.41) is 11.7. The Morgan fingerprint density at radius 1 is 1.27 bits per heavy atom. The van der Waals surface area contributed by atoms with E-state index in [2.05, 4.69) is 10.1 Å². The maximum absolute atomic E-state index is 12.7. The van der Waals surface area contributed by atoms with Crippen molar-refractivity contribution in [3.63, 3.8) is 0 Å². The van der Waals surface area contributed by atoms with E-state index in [-0.39, 0.29) is 24.5 Å². The Labute approximate surface area is 147 Å². The highest BCUT2D eigenvalue weighted by Crippen LogP contribution is 2.46. The van der Waals surface area contributed by atoms with Crippen molar-refractivity contribution >= 4 is 23.5 Å². The molecule has 3 rings (SSSR count). The number of amides is 2. The SMILES string of the molecule is O=C1C(NC(=O)C2(C(=O)O)CC2)CCCN1c1ccc(OC(F)F)cc1. The number of hydrogen-bond donors (Lipinski definition) is 2. The lowest BCUT2D eigenvalue weighted by Crippen LogP contribution is -2.54. The molecule has 9 heteroatoms. The third kappa shape index (κ3) is 3.47. The number of aliphatic carboxylic acids is 1. The maximum atomic E-state index is 12.7. The smallest absolute Gasteiger partial charge is 0.387 e. The molecule has 2 amide bonds. The van der Waals surface area contributed by atoms with Crippen LogP contribution in [0.1, 0.15) is 25.7 Å². The normalized spacial score (nSPS) is 21.4. The van der Waals surface area contributed by atoms with Gasteiger partial charge in [-0.05, 0) is 49.9 Å². The van der Waals surface area contributed by atoms with Gasteiger partial charge in [0, 0.05) is 12.2 Å². The number of nitrogens with one attached hydrogen (secondary N) is 1. The van der Waals surface area contributed by atoms with E-state index in [1.165, 1.54) is 29.2 Å². The first-order chi connectivity index (χ1) is 12.3. The average molecular weight is 368 g/mol. The van der Waals surface area contributed by atoms with Crippen molar-refractivity contribution in [3.05, 3.63) is 24.3 Å². The second-order valence-corrected chi connectivity index (χ2v) is 6.42. The van der Waals surface area contributed by atoms with Crippen LogP contribution in [0.5, 0.6) is 5.75 Å². The highest BCUT2D eigenvalue weighted by atomic mass is 19.3. The minimum absolute atomic E-state index is 0.0183. The van der Waals surface area contributed by atoms with Gasteiger partial charge in [0.25, 0.3) is 0 Å². The fourth-order valence-electron chi connectivity index (χ4n) is 3.03. The van der Waals surface area contributed by atoms with Crippen molar-refractivity contribution in [2.24, 2.45) is 5.41 Å². The molecular formula is C17H18F2N2O5. The van der Waals surface area contributed by atoms with E-state index >= 15 is 0 Å². The van der Waals surface area contributed by atoms with E-state index in [1.54, 1.807) is 0 Å². The molecule has 26 heavy (non-hydrogen) atoms. The molecule has 1 unspecified atom stereocenters. The molecule has 1 atom stereocenters. The number of carbonyl (C=O) groups excluding carboxylic acids is 2. The Kier molecular flexibility index (Phi) is 4.80. The first-order valence-electron chi connectivity index (χ1n) is 8.24. The van der Waals surface area contributed by atoms with Crippen molar-refractivity contribution in [2.45, 2.75) is 38.3 Å². The number of halogens is 2. The van der Waals surface area contributed by atoms with Crippen LogP contribution < -0.4 is 15.0 Å². The number of benzene rings is 1. The predicted molar refractivity (Wildman–Crippen MR) is 85.9 cm³/mol. The van der Waals surface area contributed by atoms with Gasteiger partial charge >= 0.3 is 12.6 Å². The minimum atomic E-state index is -2.93. The van der Waals surface area contributed by atoms with E-state index < -0.39 is 29.9 Å². The van der Waals surface area contributed by atoms with Crippen LogP contribution in [-0.4, -0.2) is 42.1 Å². The van der Waals surface area contributed by atoms with Crippen molar-refractivity contribution in [1.29, 1.82) is 0 Å². The quantitative estimate of drug-likeness (QED) is 0.746. The molecule has 0 bridgehead atoms. The number of carboxylic acid groups (broad SMARTS) is 1. The molecule has 140 valence electrons. The fourth-order valence-corrected chi connectivity index (χ4v) is 3.03. The molecule has 1 saturated heterocycles. The van der Waals surface area contributed by atoms with Gasteiger partial charge in [-0.3, -0.25) is 14.4 Å². The molecule has 0 spiro atoms. The van der Waals surface area contributed by atoms with Crippen LogP contribution in [0.25, 0.3) is 0 Å². The monoisotopic (exact) mass is 368 g/mol. The van der Waals surface area contributed by atoms with Crippen LogP contribution in [0.4, 0.5) is 14.5 Å². The molecule has 0 radical (unpaired) electrons. The summed E-state index contributed by atoms with van der Waals surface area (Å²) in [6, 6.07) is 4.84. The molecular weight excluding hydrogens is 350 g/mol. The van der Waals surface area contributed by atoms with Gasteiger partial charge in [-0.1, -0.05) is 0 Å². The zero-order chi connectivity index (χ0) is 18.9. The van der Waals surface area contributed by atoms with Gasteiger partial charge in [0.1, 0.15) is 17.2 Å². The Bertz CT molecular complexity index is 718. The first-order valence-corrected chi connectivity index (χ1v) is 8.24. The van der Waals surface area contributed by atoms with Gasteiger partial charge in [0.05, 0.1) is 0 Å². The van der Waals surface area contributed by atoms with Crippen LogP contribution in [0, 0.1) is 5.41 Å². The number of rotatable bonds is 6. The Morgan fingerprint density at radius 2 is 1.92 bits per heavy atom. The van der Waals surface area contributed by atoms with Crippen LogP contribution in [0.2, 0.25) is 0 Å². The summed E-state index contributed by atoms with van der Waals surface area (Å²) >= 11 is 0. The van der Waals surface area contributed by atoms with Gasteiger partial charge < -0.3 is 20.1 Å². The third-order valence-corrected chi connectivity index (χ3v) is 4.71. The molecule has 2 fully saturated rings. The van der Waals surface area contributed by atoms with Crippen LogP contribution in [-0.2, 0) is 14.4 Å². The summed E-state index contributed by atoms with van der Waals surface area (Å²) in [6.07, 6.45) is 1.57. The zero-order valence-electron chi connectivity index (χ0n) is 13.8. The maximum Gasteiger partial charge on any atom is 0.387 e. The first kappa shape index (κ1) is 18.1. The standard InChI is InChI=1S/C17H18F2N2O5/c18-16(19)26-11-5-3-10(4-6-11)21-9-1-2-12(13(21)22)20-14(23)17(7-8-17)15(24)25/h3-6,12,16H,1-2,7-9H2,(H,20,23)(H,24,25). The molecule has 7 nitrogen and oxygen atoms in total. The van der Waals surface area contributed by atoms with E-state index in [0.717, 1.165) is 0 Å². The Morgan fingerprint density at radius 3 is 2.46 bits per heavy atom. The molecule has 1 saturated carbocycles. The summed E-state index contributed by atoms with van der Waals surface area (Å²) in [6.45, 7) is -2.51. The lowest BCUT2D eigenvalue weighted by atomic mass is 10.0. The summed E-state index contributed by atoms with van der Waals surface area (Å²) in [5.74, 6) is -2.18. The number of carboxylic acids is 1. The number of hydrogen-bond acceptors (Lipinski definition) is 4. The second kappa shape index (κ2) is 6.89. The fraction of sp³-hybridized carbons (Fsp3) is 0.471. The van der Waals surface area contributed by atoms with E-state index in [0.29, 0.717) is 25.1 Å². The summed E-state index contributed by atoms with van der Waals surface area (Å²) < 4.78 is 28.7. The van der Waals surface area contributed by atoms with Gasteiger partial charge in [-0.25, -0.2) is 0 Å². The summed E-state index contributed by atoms with van der Waals surface area (Å²) in [7, 11) is 0. The third-order valence-electron chi connectivity index (χ3n) is 4.71. The molecule has 1 aliphatic carbocycles. The largest absolute Gasteiger partial charge is 0.480 e. The molecule has 2 N–H and O–H groups in total. The van der Waals surface area contributed by atoms with Crippen molar-refractivity contribution < 1.29 is 33.0 Å². The van der Waals surface area contributed by atoms with Crippen LogP contribution >= 0.6 is 0 Å². The number of ether oxygens (including phenoxy) is 1. The number of alkyl halides is 2. The van der Waals surface area contributed by atoms with Gasteiger partial charge in [0.2, 0.25) is 11.8 Å². The predicted octanol–water partition coefficient (Wildman–Crippen LogP) is 1.76. The van der Waals surface area contributed by atoms with Crippen molar-refractivity contribution in [1.82, 2.24) is 5.32 Å². The molecule has 1 aromatic carbocycles. The van der Waals surface area contributed by atoms with Gasteiger partial charge in [-0.2, -0.15) is 8.78 Å². The van der Waals surface area contributed by atoms with Crippen LogP contribution in [0.15, 0.2) is 24.3 Å². The van der Waals surface area contributed by atoms with Gasteiger partial charge in [0.15, 0.2) is 0 Å². The highest BCUT2D eigenvalue weighted by molar-refractivity contribution is 6.07. The van der Waals surface area contributed by atoms with E-state index in [4.69, 9.17) is 5.11 Å². The highest BCUT2D eigenvalue weighted by Gasteiger charge is 2.57. The van der Waals surface area contributed by atoms with Crippen LogP contribution in [0.3, 0.4) is 0 Å².